The number of thiazole rings is 1. The quantitative estimate of drug-likeness (QED) is 0.286. The number of aryl methyl sites for hydroxylation is 1. The molecule has 192 valence electrons. The van der Waals surface area contributed by atoms with Gasteiger partial charge in [0.15, 0.2) is 0 Å². The van der Waals surface area contributed by atoms with E-state index in [2.05, 4.69) is 38.4 Å². The molecule has 0 aliphatic heterocycles. The van der Waals surface area contributed by atoms with E-state index in [1.165, 1.54) is 32.1 Å². The Morgan fingerprint density at radius 2 is 1.89 bits per heavy atom. The molecule has 1 aliphatic carbocycles. The fraction of sp³-hybridized carbons (Fsp3) is 0.367. The van der Waals surface area contributed by atoms with Crippen LogP contribution < -0.4 is 10.1 Å². The summed E-state index contributed by atoms with van der Waals surface area (Å²) in [7, 11) is 1.67. The van der Waals surface area contributed by atoms with Gasteiger partial charge in [0.2, 0.25) is 0 Å². The number of methoxy groups -OCH3 is 1. The normalized spacial score (nSPS) is 14.0. The molecule has 1 saturated carbocycles. The van der Waals surface area contributed by atoms with Crippen molar-refractivity contribution in [1.29, 1.82) is 0 Å². The highest BCUT2D eigenvalue weighted by Gasteiger charge is 2.22. The lowest BCUT2D eigenvalue weighted by atomic mass is 9.89. The van der Waals surface area contributed by atoms with Crippen LogP contribution in [0, 0.1) is 19.8 Å². The van der Waals surface area contributed by atoms with Gasteiger partial charge in [-0.2, -0.15) is 0 Å². The van der Waals surface area contributed by atoms with Gasteiger partial charge in [-0.1, -0.05) is 31.4 Å². The minimum atomic E-state index is -0.00371. The zero-order valence-corrected chi connectivity index (χ0v) is 22.6. The summed E-state index contributed by atoms with van der Waals surface area (Å²) < 4.78 is 7.53. The first-order chi connectivity index (χ1) is 18.0. The molecule has 1 aliphatic rings. The second-order valence-corrected chi connectivity index (χ2v) is 10.8. The Morgan fingerprint density at radius 1 is 1.11 bits per heavy atom. The monoisotopic (exact) mass is 514 g/mol. The van der Waals surface area contributed by atoms with Gasteiger partial charge in [0.1, 0.15) is 10.8 Å². The standard InChI is InChI=1S/C30H34N4O2S/c1-20-9-12-24(17-31-20)30-33-27(19-37-30)28-15-26(29(35)32-16-22-7-5-4-6-8-22)21(2)34(28)18-23-10-13-25(36-3)14-11-23/h9-15,17,19,22H,4-8,16,18H2,1-3H3,(H,32,35). The van der Waals surface area contributed by atoms with E-state index in [0.717, 1.165) is 51.2 Å². The number of aromatic nitrogens is 3. The number of benzene rings is 1. The second kappa shape index (κ2) is 11.3. The third-order valence-corrected chi connectivity index (χ3v) is 8.20. The fourth-order valence-corrected chi connectivity index (χ4v) is 5.85. The van der Waals surface area contributed by atoms with E-state index in [1.807, 2.05) is 44.3 Å². The van der Waals surface area contributed by atoms with Crippen molar-refractivity contribution in [2.24, 2.45) is 5.92 Å². The highest BCUT2D eigenvalue weighted by Crippen LogP contribution is 2.32. The molecule has 5 rings (SSSR count). The lowest BCUT2D eigenvalue weighted by molar-refractivity contribution is 0.0943. The highest BCUT2D eigenvalue weighted by molar-refractivity contribution is 7.13. The Kier molecular flexibility index (Phi) is 7.70. The molecule has 7 heteroatoms. The maximum Gasteiger partial charge on any atom is 0.253 e. The number of hydrogen-bond donors (Lipinski definition) is 1. The van der Waals surface area contributed by atoms with E-state index in [-0.39, 0.29) is 5.91 Å². The summed E-state index contributed by atoms with van der Waals surface area (Å²) in [5, 5.41) is 6.21. The Bertz CT molecular complexity index is 1350. The van der Waals surface area contributed by atoms with E-state index in [4.69, 9.17) is 9.72 Å². The molecule has 1 N–H and O–H groups in total. The second-order valence-electron chi connectivity index (χ2n) is 9.90. The Balaban J connectivity index is 1.46. The van der Waals surface area contributed by atoms with Crippen molar-refractivity contribution in [3.05, 3.63) is 76.6 Å². The summed E-state index contributed by atoms with van der Waals surface area (Å²) in [6, 6.07) is 14.1. The van der Waals surface area contributed by atoms with Crippen molar-refractivity contribution in [2.75, 3.05) is 13.7 Å². The van der Waals surface area contributed by atoms with Crippen LogP contribution in [-0.4, -0.2) is 34.1 Å². The van der Waals surface area contributed by atoms with Gasteiger partial charge >= 0.3 is 0 Å². The molecule has 3 heterocycles. The minimum Gasteiger partial charge on any atom is -0.497 e. The van der Waals surface area contributed by atoms with Gasteiger partial charge in [0.05, 0.1) is 24.1 Å². The van der Waals surface area contributed by atoms with Gasteiger partial charge in [-0.3, -0.25) is 9.78 Å². The van der Waals surface area contributed by atoms with Crippen LogP contribution >= 0.6 is 11.3 Å². The van der Waals surface area contributed by atoms with Crippen molar-refractivity contribution in [3.8, 4) is 27.7 Å². The Morgan fingerprint density at radius 3 is 2.59 bits per heavy atom. The number of pyridine rings is 1. The summed E-state index contributed by atoms with van der Waals surface area (Å²) >= 11 is 1.59. The van der Waals surface area contributed by atoms with Gasteiger partial charge in [0.25, 0.3) is 5.91 Å². The largest absolute Gasteiger partial charge is 0.497 e. The first kappa shape index (κ1) is 25.2. The van der Waals surface area contributed by atoms with Crippen LogP contribution in [0.15, 0.2) is 54.0 Å². The lowest BCUT2D eigenvalue weighted by Crippen LogP contribution is -2.30. The molecule has 0 radical (unpaired) electrons. The predicted molar refractivity (Wildman–Crippen MR) is 149 cm³/mol. The van der Waals surface area contributed by atoms with Crippen LogP contribution in [0.5, 0.6) is 5.75 Å². The van der Waals surface area contributed by atoms with Crippen molar-refractivity contribution in [3.63, 3.8) is 0 Å². The molecule has 0 unspecified atom stereocenters. The van der Waals surface area contributed by atoms with Crippen LogP contribution in [0.2, 0.25) is 0 Å². The third kappa shape index (κ3) is 5.77. The summed E-state index contributed by atoms with van der Waals surface area (Å²) in [4.78, 5) is 22.7. The fourth-order valence-electron chi connectivity index (χ4n) is 5.05. The van der Waals surface area contributed by atoms with Crippen LogP contribution in [0.1, 0.15) is 59.4 Å². The van der Waals surface area contributed by atoms with Crippen LogP contribution in [0.25, 0.3) is 22.0 Å². The molecule has 0 spiro atoms. The summed E-state index contributed by atoms with van der Waals surface area (Å²) in [6.45, 7) is 5.39. The smallest absolute Gasteiger partial charge is 0.253 e. The molecule has 0 atom stereocenters. The molecule has 1 amide bonds. The highest BCUT2D eigenvalue weighted by atomic mass is 32.1. The van der Waals surface area contributed by atoms with Crippen LogP contribution in [0.4, 0.5) is 0 Å². The molecule has 1 aromatic carbocycles. The summed E-state index contributed by atoms with van der Waals surface area (Å²) in [5.41, 5.74) is 6.57. The average molecular weight is 515 g/mol. The maximum absolute atomic E-state index is 13.3. The van der Waals surface area contributed by atoms with E-state index < -0.39 is 0 Å². The summed E-state index contributed by atoms with van der Waals surface area (Å²) in [5.74, 6) is 1.41. The number of nitrogens with one attached hydrogen (secondary N) is 1. The molecule has 6 nitrogen and oxygen atoms in total. The molecular formula is C30H34N4O2S. The van der Waals surface area contributed by atoms with Gasteiger partial charge in [0, 0.05) is 41.6 Å². The van der Waals surface area contributed by atoms with Crippen LogP contribution in [0.3, 0.4) is 0 Å². The third-order valence-electron chi connectivity index (χ3n) is 7.31. The zero-order valence-electron chi connectivity index (χ0n) is 21.8. The molecule has 4 aromatic rings. The Labute approximate surface area is 222 Å². The number of amides is 1. The van der Waals surface area contributed by atoms with Crippen molar-refractivity contribution < 1.29 is 9.53 Å². The first-order valence-electron chi connectivity index (χ1n) is 13.0. The number of carbonyl (C=O) groups excluding carboxylic acids is 1. The van der Waals surface area contributed by atoms with E-state index in [1.54, 1.807) is 18.4 Å². The number of ether oxygens (including phenoxy) is 1. The van der Waals surface area contributed by atoms with Crippen molar-refractivity contribution in [1.82, 2.24) is 19.9 Å². The maximum atomic E-state index is 13.3. The van der Waals surface area contributed by atoms with Gasteiger partial charge in [-0.25, -0.2) is 4.98 Å². The predicted octanol–water partition coefficient (Wildman–Crippen LogP) is 6.66. The van der Waals surface area contributed by atoms with Gasteiger partial charge in [-0.15, -0.1) is 11.3 Å². The van der Waals surface area contributed by atoms with Crippen molar-refractivity contribution in [2.45, 2.75) is 52.5 Å². The first-order valence-corrected chi connectivity index (χ1v) is 13.9. The van der Waals surface area contributed by atoms with E-state index in [0.29, 0.717) is 18.0 Å². The van der Waals surface area contributed by atoms with Crippen molar-refractivity contribution >= 4 is 17.2 Å². The molecule has 3 aromatic heterocycles. The topological polar surface area (TPSA) is 69.0 Å². The molecule has 37 heavy (non-hydrogen) atoms. The lowest BCUT2D eigenvalue weighted by Gasteiger charge is -2.21. The van der Waals surface area contributed by atoms with Gasteiger partial charge < -0.3 is 14.6 Å². The minimum absolute atomic E-state index is 0.00371. The zero-order chi connectivity index (χ0) is 25.8. The SMILES string of the molecule is COc1ccc(Cn2c(-c3csc(-c4ccc(C)nc4)n3)cc(C(=O)NCC3CCCCC3)c2C)cc1. The molecule has 1 fully saturated rings. The number of carbonyl (C=O) groups is 1. The summed E-state index contributed by atoms with van der Waals surface area (Å²) in [6.07, 6.45) is 8.13. The number of nitrogens with zero attached hydrogens (tertiary/aromatic N) is 3. The molecular weight excluding hydrogens is 480 g/mol. The molecule has 0 saturated heterocycles. The average Bonchev–Trinajstić information content (AvgIpc) is 3.54. The Hall–Kier alpha value is -3.45. The number of hydrogen-bond acceptors (Lipinski definition) is 5. The van der Waals surface area contributed by atoms with Crippen LogP contribution in [-0.2, 0) is 6.54 Å². The van der Waals surface area contributed by atoms with E-state index >= 15 is 0 Å². The number of rotatable bonds is 8. The molecule has 0 bridgehead atoms. The van der Waals surface area contributed by atoms with Gasteiger partial charge in [-0.05, 0) is 68.5 Å². The van der Waals surface area contributed by atoms with E-state index in [9.17, 15) is 4.79 Å².